The highest BCUT2D eigenvalue weighted by Crippen LogP contribution is 2.28. The second-order valence-corrected chi connectivity index (χ2v) is 7.69. The third-order valence-corrected chi connectivity index (χ3v) is 6.29. The van der Waals surface area contributed by atoms with E-state index in [9.17, 15) is 13.2 Å². The lowest BCUT2D eigenvalue weighted by molar-refractivity contribution is -0.149. The molecule has 7 heteroatoms. The van der Waals surface area contributed by atoms with Gasteiger partial charge in [-0.1, -0.05) is 12.1 Å². The maximum absolute atomic E-state index is 13.0. The molecule has 0 unspecified atom stereocenters. The molecule has 128 valence electrons. The van der Waals surface area contributed by atoms with Crippen LogP contribution < -0.4 is 0 Å². The van der Waals surface area contributed by atoms with Crippen molar-refractivity contribution < 1.29 is 17.9 Å². The highest BCUT2D eigenvalue weighted by molar-refractivity contribution is 7.89. The highest BCUT2D eigenvalue weighted by atomic mass is 32.2. The van der Waals surface area contributed by atoms with E-state index in [1.165, 1.54) is 4.31 Å². The molecule has 0 spiro atoms. The Morgan fingerprint density at radius 3 is 2.75 bits per heavy atom. The summed E-state index contributed by atoms with van der Waals surface area (Å²) in [5.41, 5.74) is 0. The maximum Gasteiger partial charge on any atom is 0.309 e. The van der Waals surface area contributed by atoms with Gasteiger partial charge >= 0.3 is 5.97 Å². The van der Waals surface area contributed by atoms with Crippen LogP contribution in [-0.2, 0) is 19.6 Å². The van der Waals surface area contributed by atoms with Crippen molar-refractivity contribution in [2.75, 3.05) is 19.7 Å². The van der Waals surface area contributed by atoms with Crippen molar-refractivity contribution in [3.8, 4) is 0 Å². The van der Waals surface area contributed by atoms with Crippen molar-refractivity contribution in [3.63, 3.8) is 0 Å². The number of esters is 1. The Balaban J connectivity index is 1.83. The zero-order valence-electron chi connectivity index (χ0n) is 13.5. The van der Waals surface area contributed by atoms with Crippen LogP contribution in [0.2, 0.25) is 0 Å². The second kappa shape index (κ2) is 6.86. The van der Waals surface area contributed by atoms with E-state index in [1.807, 2.05) is 6.07 Å². The van der Waals surface area contributed by atoms with E-state index < -0.39 is 10.0 Å². The quantitative estimate of drug-likeness (QED) is 0.792. The number of nitrogens with zero attached hydrogens (tertiary/aromatic N) is 2. The summed E-state index contributed by atoms with van der Waals surface area (Å²) >= 11 is 0. The third-order valence-electron chi connectivity index (χ3n) is 4.33. The van der Waals surface area contributed by atoms with Crippen molar-refractivity contribution >= 4 is 26.8 Å². The van der Waals surface area contributed by atoms with Gasteiger partial charge in [-0.2, -0.15) is 4.31 Å². The van der Waals surface area contributed by atoms with Crippen molar-refractivity contribution in [3.05, 3.63) is 36.7 Å². The summed E-state index contributed by atoms with van der Waals surface area (Å²) in [5.74, 6) is -0.445. The normalized spacial score (nSPS) is 17.0. The Labute approximate surface area is 141 Å². The first kappa shape index (κ1) is 16.9. The van der Waals surface area contributed by atoms with Crippen LogP contribution in [0.15, 0.2) is 41.6 Å². The zero-order chi connectivity index (χ0) is 17.2. The molecule has 1 aliphatic rings. The van der Waals surface area contributed by atoms with Crippen LogP contribution in [0.4, 0.5) is 0 Å². The number of carbonyl (C=O) groups is 1. The summed E-state index contributed by atoms with van der Waals surface area (Å²) in [7, 11) is -3.60. The second-order valence-electron chi connectivity index (χ2n) is 5.78. The molecule has 1 saturated heterocycles. The van der Waals surface area contributed by atoms with Gasteiger partial charge in [0.1, 0.15) is 0 Å². The van der Waals surface area contributed by atoms with Crippen molar-refractivity contribution in [2.24, 2.45) is 5.92 Å². The minimum Gasteiger partial charge on any atom is -0.466 e. The third kappa shape index (κ3) is 3.14. The minimum atomic E-state index is -3.60. The molecule has 1 aromatic heterocycles. The number of piperidine rings is 1. The van der Waals surface area contributed by atoms with Crippen LogP contribution >= 0.6 is 0 Å². The number of benzene rings is 1. The Morgan fingerprint density at radius 2 is 2.04 bits per heavy atom. The summed E-state index contributed by atoms with van der Waals surface area (Å²) in [4.78, 5) is 16.1. The first-order chi connectivity index (χ1) is 11.5. The number of carbonyl (C=O) groups excluding carboxylic acids is 1. The van der Waals surface area contributed by atoms with E-state index in [4.69, 9.17) is 4.74 Å². The monoisotopic (exact) mass is 348 g/mol. The van der Waals surface area contributed by atoms with Crippen LogP contribution in [0.5, 0.6) is 0 Å². The van der Waals surface area contributed by atoms with Gasteiger partial charge in [-0.25, -0.2) is 8.42 Å². The number of aromatic nitrogens is 1. The zero-order valence-corrected chi connectivity index (χ0v) is 14.3. The standard InChI is InChI=1S/C17H20N2O4S/c1-2-23-17(20)13-7-10-19(11-8-13)24(21,22)16-5-3-4-14-12-18-9-6-15(14)16/h3-6,9,12-13H,2,7-8,10-11H2,1H3. The average Bonchev–Trinajstić information content (AvgIpc) is 2.61. The van der Waals surface area contributed by atoms with Gasteiger partial charge in [0, 0.05) is 36.3 Å². The molecule has 0 atom stereocenters. The number of hydrogen-bond donors (Lipinski definition) is 0. The molecule has 24 heavy (non-hydrogen) atoms. The van der Waals surface area contributed by atoms with E-state index in [1.54, 1.807) is 37.5 Å². The molecule has 0 aliphatic carbocycles. The molecule has 0 radical (unpaired) electrons. The largest absolute Gasteiger partial charge is 0.466 e. The molecule has 0 saturated carbocycles. The van der Waals surface area contributed by atoms with E-state index in [2.05, 4.69) is 4.98 Å². The van der Waals surface area contributed by atoms with E-state index >= 15 is 0 Å². The van der Waals surface area contributed by atoms with Gasteiger partial charge in [-0.3, -0.25) is 9.78 Å². The Bertz CT molecular complexity index is 837. The number of hydrogen-bond acceptors (Lipinski definition) is 5. The molecular formula is C17H20N2O4S. The molecule has 1 aliphatic heterocycles. The van der Waals surface area contributed by atoms with Crippen LogP contribution in [0.25, 0.3) is 10.8 Å². The Hall–Kier alpha value is -1.99. The smallest absolute Gasteiger partial charge is 0.309 e. The lowest BCUT2D eigenvalue weighted by Gasteiger charge is -2.30. The molecular weight excluding hydrogens is 328 g/mol. The fourth-order valence-electron chi connectivity index (χ4n) is 3.05. The van der Waals surface area contributed by atoms with Crippen LogP contribution in [0, 0.1) is 5.92 Å². The van der Waals surface area contributed by atoms with Gasteiger partial charge in [0.25, 0.3) is 0 Å². The summed E-state index contributed by atoms with van der Waals surface area (Å²) in [6.07, 6.45) is 4.23. The minimum absolute atomic E-state index is 0.215. The average molecular weight is 348 g/mol. The maximum atomic E-state index is 13.0. The van der Waals surface area contributed by atoms with Gasteiger partial charge in [0.2, 0.25) is 10.0 Å². The SMILES string of the molecule is CCOC(=O)C1CCN(S(=O)(=O)c2cccc3cnccc23)CC1. The number of rotatable bonds is 4. The molecule has 0 N–H and O–H groups in total. The van der Waals surface area contributed by atoms with Crippen molar-refractivity contribution in [1.29, 1.82) is 0 Å². The van der Waals surface area contributed by atoms with Crippen molar-refractivity contribution in [2.45, 2.75) is 24.7 Å². The summed E-state index contributed by atoms with van der Waals surface area (Å²) in [6.45, 7) is 2.77. The van der Waals surface area contributed by atoms with Crippen LogP contribution in [0.1, 0.15) is 19.8 Å². The summed E-state index contributed by atoms with van der Waals surface area (Å²) < 4.78 is 32.5. The van der Waals surface area contributed by atoms with Gasteiger partial charge in [-0.05, 0) is 31.9 Å². The first-order valence-electron chi connectivity index (χ1n) is 8.03. The molecule has 2 heterocycles. The lowest BCUT2D eigenvalue weighted by atomic mass is 9.98. The topological polar surface area (TPSA) is 76.6 Å². The Kier molecular flexibility index (Phi) is 4.82. The lowest BCUT2D eigenvalue weighted by Crippen LogP contribution is -2.40. The van der Waals surface area contributed by atoms with E-state index in [0.717, 1.165) is 5.39 Å². The van der Waals surface area contributed by atoms with Crippen LogP contribution in [-0.4, -0.2) is 43.4 Å². The van der Waals surface area contributed by atoms with Crippen molar-refractivity contribution in [1.82, 2.24) is 9.29 Å². The first-order valence-corrected chi connectivity index (χ1v) is 9.47. The molecule has 0 bridgehead atoms. The summed E-state index contributed by atoms with van der Waals surface area (Å²) in [5, 5.41) is 1.46. The van der Waals surface area contributed by atoms with Crippen LogP contribution in [0.3, 0.4) is 0 Å². The van der Waals surface area contributed by atoms with Gasteiger partial charge in [0.15, 0.2) is 0 Å². The number of pyridine rings is 1. The number of sulfonamides is 1. The fraction of sp³-hybridized carbons (Fsp3) is 0.412. The predicted octanol–water partition coefficient (Wildman–Crippen LogP) is 2.20. The molecule has 6 nitrogen and oxygen atoms in total. The molecule has 2 aromatic rings. The van der Waals surface area contributed by atoms with E-state index in [0.29, 0.717) is 37.9 Å². The molecule has 1 fully saturated rings. The molecule has 0 amide bonds. The highest BCUT2D eigenvalue weighted by Gasteiger charge is 2.33. The number of ether oxygens (including phenoxy) is 1. The summed E-state index contributed by atoms with van der Waals surface area (Å²) in [6, 6.07) is 6.90. The van der Waals surface area contributed by atoms with Gasteiger partial charge in [0.05, 0.1) is 17.4 Å². The predicted molar refractivity (Wildman–Crippen MR) is 89.9 cm³/mol. The van der Waals surface area contributed by atoms with Gasteiger partial charge in [-0.15, -0.1) is 0 Å². The molecule has 3 rings (SSSR count). The van der Waals surface area contributed by atoms with E-state index in [-0.39, 0.29) is 16.8 Å². The van der Waals surface area contributed by atoms with Gasteiger partial charge < -0.3 is 4.74 Å². The fourth-order valence-corrected chi connectivity index (χ4v) is 4.73. The molecule has 1 aromatic carbocycles. The number of fused-ring (bicyclic) bond motifs is 1. The Morgan fingerprint density at radius 1 is 1.29 bits per heavy atom.